The summed E-state index contributed by atoms with van der Waals surface area (Å²) in [6.07, 6.45) is 1.80. The fourth-order valence-corrected chi connectivity index (χ4v) is 4.32. The number of thioether (sulfide) groups is 1. The Balaban J connectivity index is 1.75. The van der Waals surface area contributed by atoms with Crippen LogP contribution >= 0.6 is 46.6 Å². The highest BCUT2D eigenvalue weighted by molar-refractivity contribution is 7.98. The van der Waals surface area contributed by atoms with Gasteiger partial charge in [0.1, 0.15) is 5.82 Å². The van der Waals surface area contributed by atoms with Crippen molar-refractivity contribution in [1.82, 2.24) is 9.55 Å². The lowest BCUT2D eigenvalue weighted by Crippen LogP contribution is -1.99. The predicted molar refractivity (Wildman–Crippen MR) is 120 cm³/mol. The fraction of sp³-hybridized carbons (Fsp3) is 0.0455. The lowest BCUT2D eigenvalue weighted by atomic mass is 10.1. The van der Waals surface area contributed by atoms with Crippen LogP contribution in [0.4, 0.5) is 4.39 Å². The van der Waals surface area contributed by atoms with Gasteiger partial charge in [-0.05, 0) is 48.0 Å². The van der Waals surface area contributed by atoms with E-state index in [1.807, 2.05) is 41.0 Å². The van der Waals surface area contributed by atoms with Crippen LogP contribution < -0.4 is 0 Å². The summed E-state index contributed by atoms with van der Waals surface area (Å²) in [4.78, 5) is 4.62. The number of aromatic nitrogens is 2. The van der Waals surface area contributed by atoms with E-state index in [1.165, 1.54) is 12.1 Å². The molecule has 4 aromatic rings. The summed E-state index contributed by atoms with van der Waals surface area (Å²) in [5, 5.41) is 2.39. The zero-order valence-corrected chi connectivity index (χ0v) is 18.0. The first kappa shape index (κ1) is 20.3. The first-order valence-corrected chi connectivity index (χ1v) is 10.8. The highest BCUT2D eigenvalue weighted by atomic mass is 35.5. The molecule has 0 amide bonds. The average molecular weight is 464 g/mol. The van der Waals surface area contributed by atoms with Gasteiger partial charge in [0.25, 0.3) is 0 Å². The Morgan fingerprint density at radius 3 is 2.41 bits per heavy atom. The quantitative estimate of drug-likeness (QED) is 0.280. The Morgan fingerprint density at radius 2 is 1.69 bits per heavy atom. The topological polar surface area (TPSA) is 17.8 Å². The van der Waals surface area contributed by atoms with E-state index in [2.05, 4.69) is 4.98 Å². The van der Waals surface area contributed by atoms with Gasteiger partial charge < -0.3 is 0 Å². The second-order valence-corrected chi connectivity index (χ2v) is 8.48. The zero-order chi connectivity index (χ0) is 20.4. The van der Waals surface area contributed by atoms with Gasteiger partial charge in [0.15, 0.2) is 5.16 Å². The summed E-state index contributed by atoms with van der Waals surface area (Å²) < 4.78 is 15.2. The smallest absolute Gasteiger partial charge is 0.173 e. The maximum absolute atomic E-state index is 13.2. The summed E-state index contributed by atoms with van der Waals surface area (Å²) in [6.45, 7) is 0. The van der Waals surface area contributed by atoms with Crippen LogP contribution in [0.1, 0.15) is 5.56 Å². The molecule has 0 unspecified atom stereocenters. The van der Waals surface area contributed by atoms with E-state index >= 15 is 0 Å². The molecule has 0 atom stereocenters. The molecule has 4 rings (SSSR count). The molecule has 146 valence electrons. The minimum atomic E-state index is -0.249. The van der Waals surface area contributed by atoms with Crippen LogP contribution in [-0.2, 0) is 5.75 Å². The standard InChI is InChI=1S/C22H14Cl3FN2S/c23-16-2-1-3-18(11-16)28-21(15-6-9-19(24)20(25)10-15)12-27-22(28)29-13-14-4-7-17(26)8-5-14/h1-12H,13H2. The molecule has 7 heteroatoms. The van der Waals surface area contributed by atoms with E-state index in [-0.39, 0.29) is 5.82 Å². The first-order valence-electron chi connectivity index (χ1n) is 8.67. The maximum Gasteiger partial charge on any atom is 0.173 e. The zero-order valence-electron chi connectivity index (χ0n) is 14.9. The molecular weight excluding hydrogens is 450 g/mol. The second kappa shape index (κ2) is 8.80. The Bertz CT molecular complexity index is 1160. The third kappa shape index (κ3) is 4.62. The van der Waals surface area contributed by atoms with Gasteiger partial charge in [0.05, 0.1) is 21.9 Å². The van der Waals surface area contributed by atoms with Gasteiger partial charge in [-0.3, -0.25) is 4.57 Å². The van der Waals surface area contributed by atoms with Crippen LogP contribution in [0.15, 0.2) is 78.1 Å². The molecule has 1 heterocycles. The van der Waals surface area contributed by atoms with Gasteiger partial charge in [-0.2, -0.15) is 0 Å². The maximum atomic E-state index is 13.2. The third-order valence-corrected chi connectivity index (χ3v) is 6.29. The largest absolute Gasteiger partial charge is 0.287 e. The highest BCUT2D eigenvalue weighted by Gasteiger charge is 2.15. The average Bonchev–Trinajstić information content (AvgIpc) is 3.13. The number of rotatable bonds is 5. The van der Waals surface area contributed by atoms with E-state index in [4.69, 9.17) is 34.8 Å². The van der Waals surface area contributed by atoms with Gasteiger partial charge in [-0.1, -0.05) is 70.8 Å². The Morgan fingerprint density at radius 1 is 0.897 bits per heavy atom. The van der Waals surface area contributed by atoms with Crippen molar-refractivity contribution in [2.45, 2.75) is 10.9 Å². The molecule has 0 radical (unpaired) electrons. The van der Waals surface area contributed by atoms with Crippen molar-refractivity contribution in [1.29, 1.82) is 0 Å². The number of hydrogen-bond donors (Lipinski definition) is 0. The molecule has 2 nitrogen and oxygen atoms in total. The van der Waals surface area contributed by atoms with E-state index in [0.717, 1.165) is 27.7 Å². The Kier molecular flexibility index (Phi) is 6.16. The van der Waals surface area contributed by atoms with E-state index < -0.39 is 0 Å². The van der Waals surface area contributed by atoms with Crippen LogP contribution in [0.5, 0.6) is 0 Å². The SMILES string of the molecule is Fc1ccc(CSc2ncc(-c3ccc(Cl)c(Cl)c3)n2-c2cccc(Cl)c2)cc1. The van der Waals surface area contributed by atoms with Crippen LogP contribution in [0, 0.1) is 5.82 Å². The summed E-state index contributed by atoms with van der Waals surface area (Å²) in [5.74, 6) is 0.402. The molecule has 0 fully saturated rings. The third-order valence-electron chi connectivity index (χ3n) is 4.29. The number of benzene rings is 3. The minimum absolute atomic E-state index is 0.249. The van der Waals surface area contributed by atoms with Crippen LogP contribution in [0.2, 0.25) is 15.1 Å². The van der Waals surface area contributed by atoms with Crippen molar-refractivity contribution in [2.75, 3.05) is 0 Å². The van der Waals surface area contributed by atoms with Crippen LogP contribution in [0.25, 0.3) is 16.9 Å². The number of nitrogens with zero attached hydrogens (tertiary/aromatic N) is 2. The lowest BCUT2D eigenvalue weighted by molar-refractivity contribution is 0.627. The van der Waals surface area contributed by atoms with Crippen molar-refractivity contribution in [3.8, 4) is 16.9 Å². The number of hydrogen-bond acceptors (Lipinski definition) is 2. The van der Waals surface area contributed by atoms with E-state index in [9.17, 15) is 4.39 Å². The molecule has 1 aromatic heterocycles. The van der Waals surface area contributed by atoms with Gasteiger partial charge in [0.2, 0.25) is 0 Å². The Hall–Kier alpha value is -1.98. The number of imidazole rings is 1. The van der Waals surface area contributed by atoms with Crippen molar-refractivity contribution in [2.24, 2.45) is 0 Å². The highest BCUT2D eigenvalue weighted by Crippen LogP contribution is 2.34. The lowest BCUT2D eigenvalue weighted by Gasteiger charge is -2.13. The van der Waals surface area contributed by atoms with Gasteiger partial charge in [-0.25, -0.2) is 9.37 Å². The normalized spacial score (nSPS) is 11.0. The molecule has 0 aliphatic carbocycles. The predicted octanol–water partition coefficient (Wildman–Crippen LogP) is 7.93. The number of halogens is 4. The van der Waals surface area contributed by atoms with Crippen LogP contribution in [-0.4, -0.2) is 9.55 Å². The summed E-state index contributed by atoms with van der Waals surface area (Å²) in [5.41, 5.74) is 3.65. The molecule has 0 spiro atoms. The van der Waals surface area contributed by atoms with E-state index in [0.29, 0.717) is 20.8 Å². The second-order valence-electron chi connectivity index (χ2n) is 6.29. The van der Waals surface area contributed by atoms with Crippen molar-refractivity contribution < 1.29 is 4.39 Å². The molecule has 0 aliphatic rings. The minimum Gasteiger partial charge on any atom is -0.287 e. The monoisotopic (exact) mass is 462 g/mol. The van der Waals surface area contributed by atoms with E-state index in [1.54, 1.807) is 36.2 Å². The van der Waals surface area contributed by atoms with Crippen molar-refractivity contribution in [3.63, 3.8) is 0 Å². The molecule has 0 saturated carbocycles. The van der Waals surface area contributed by atoms with Gasteiger partial charge >= 0.3 is 0 Å². The fourth-order valence-electron chi connectivity index (χ4n) is 2.89. The van der Waals surface area contributed by atoms with Gasteiger partial charge in [-0.15, -0.1) is 0 Å². The van der Waals surface area contributed by atoms with Crippen molar-refractivity contribution >= 4 is 46.6 Å². The molecular formula is C22H14Cl3FN2S. The first-order chi connectivity index (χ1) is 14.0. The summed E-state index contributed by atoms with van der Waals surface area (Å²) in [6, 6.07) is 19.5. The molecule has 0 bridgehead atoms. The molecule has 29 heavy (non-hydrogen) atoms. The molecule has 0 aliphatic heterocycles. The Labute approximate surface area is 187 Å². The molecule has 0 saturated heterocycles. The van der Waals surface area contributed by atoms with Crippen LogP contribution in [0.3, 0.4) is 0 Å². The van der Waals surface area contributed by atoms with Crippen molar-refractivity contribution in [3.05, 3.63) is 99.4 Å². The molecule has 0 N–H and O–H groups in total. The van der Waals surface area contributed by atoms with Gasteiger partial charge in [0, 0.05) is 22.0 Å². The molecule has 3 aromatic carbocycles. The summed E-state index contributed by atoms with van der Waals surface area (Å²) >= 11 is 20.1. The summed E-state index contributed by atoms with van der Waals surface area (Å²) in [7, 11) is 0.